The molecule has 2 aromatic rings. The van der Waals surface area contributed by atoms with E-state index in [0.717, 1.165) is 22.6 Å². The number of hydrogen-bond acceptors (Lipinski definition) is 5. The Balaban J connectivity index is 1.67. The third-order valence-corrected chi connectivity index (χ3v) is 4.57. The molecular formula is C14H13ClIN5O. The zero-order valence-electron chi connectivity index (χ0n) is 11.6. The van der Waals surface area contributed by atoms with Crippen LogP contribution in [0.15, 0.2) is 30.7 Å². The molecule has 0 atom stereocenters. The molecule has 114 valence electrons. The molecule has 0 unspecified atom stereocenters. The Bertz CT molecular complexity index is 690. The summed E-state index contributed by atoms with van der Waals surface area (Å²) in [5, 5.41) is 0.424. The quantitative estimate of drug-likeness (QED) is 0.416. The van der Waals surface area contributed by atoms with Crippen LogP contribution in [0.2, 0.25) is 5.15 Å². The van der Waals surface area contributed by atoms with E-state index in [4.69, 9.17) is 11.6 Å². The van der Waals surface area contributed by atoms with Gasteiger partial charge in [-0.1, -0.05) is 11.6 Å². The highest BCUT2D eigenvalue weighted by atomic mass is 127. The van der Waals surface area contributed by atoms with Gasteiger partial charge < -0.3 is 9.80 Å². The second kappa shape index (κ2) is 6.74. The Morgan fingerprint density at radius 1 is 1.18 bits per heavy atom. The number of anilines is 1. The molecule has 3 heterocycles. The number of piperazine rings is 1. The van der Waals surface area contributed by atoms with Gasteiger partial charge in [-0.3, -0.25) is 4.79 Å². The van der Waals surface area contributed by atoms with Gasteiger partial charge in [-0.15, -0.1) is 0 Å². The van der Waals surface area contributed by atoms with E-state index in [0.29, 0.717) is 23.8 Å². The highest BCUT2D eigenvalue weighted by Gasteiger charge is 2.24. The zero-order chi connectivity index (χ0) is 15.5. The molecule has 8 heteroatoms. The van der Waals surface area contributed by atoms with Crippen molar-refractivity contribution in [3.05, 3.63) is 45.1 Å². The van der Waals surface area contributed by atoms with E-state index < -0.39 is 0 Å². The third-order valence-electron chi connectivity index (χ3n) is 3.50. The van der Waals surface area contributed by atoms with Gasteiger partial charge in [0, 0.05) is 38.4 Å². The standard InChI is InChI=1S/C14H13ClIN5O/c15-11-8-12(19-9-18-11)20-4-6-21(7-5-20)14(22)10-2-1-3-17-13(10)16/h1-3,8-9H,4-7H2. The normalized spacial score (nSPS) is 15.0. The number of hydrogen-bond donors (Lipinski definition) is 0. The molecule has 0 saturated carbocycles. The maximum atomic E-state index is 12.5. The van der Waals surface area contributed by atoms with Gasteiger partial charge in [0.1, 0.15) is 21.0 Å². The summed E-state index contributed by atoms with van der Waals surface area (Å²) < 4.78 is 0.732. The first-order valence-corrected chi connectivity index (χ1v) is 8.23. The Morgan fingerprint density at radius 2 is 1.95 bits per heavy atom. The highest BCUT2D eigenvalue weighted by molar-refractivity contribution is 14.1. The predicted molar refractivity (Wildman–Crippen MR) is 92.1 cm³/mol. The van der Waals surface area contributed by atoms with Crippen LogP contribution >= 0.6 is 34.2 Å². The smallest absolute Gasteiger partial charge is 0.256 e. The van der Waals surface area contributed by atoms with Crippen molar-refractivity contribution < 1.29 is 4.79 Å². The van der Waals surface area contributed by atoms with Gasteiger partial charge in [-0.25, -0.2) is 15.0 Å². The van der Waals surface area contributed by atoms with Crippen molar-refractivity contribution in [3.8, 4) is 0 Å². The summed E-state index contributed by atoms with van der Waals surface area (Å²) in [5.41, 5.74) is 0.654. The zero-order valence-corrected chi connectivity index (χ0v) is 14.5. The SMILES string of the molecule is O=C(c1cccnc1I)N1CCN(c2cc(Cl)ncn2)CC1. The monoisotopic (exact) mass is 429 g/mol. The fourth-order valence-corrected chi connectivity index (χ4v) is 3.06. The van der Waals surface area contributed by atoms with Crippen LogP contribution < -0.4 is 4.90 Å². The fraction of sp³-hybridized carbons (Fsp3) is 0.286. The largest absolute Gasteiger partial charge is 0.353 e. The lowest BCUT2D eigenvalue weighted by molar-refractivity contribution is 0.0745. The van der Waals surface area contributed by atoms with Gasteiger partial charge in [0.25, 0.3) is 5.91 Å². The lowest BCUT2D eigenvalue weighted by atomic mass is 10.2. The lowest BCUT2D eigenvalue weighted by Gasteiger charge is -2.35. The first-order valence-electron chi connectivity index (χ1n) is 6.77. The molecule has 0 aliphatic carbocycles. The number of pyridine rings is 1. The average molecular weight is 430 g/mol. The van der Waals surface area contributed by atoms with Gasteiger partial charge in [0.05, 0.1) is 5.56 Å². The summed E-state index contributed by atoms with van der Waals surface area (Å²) in [6.07, 6.45) is 3.14. The van der Waals surface area contributed by atoms with Crippen molar-refractivity contribution in [2.24, 2.45) is 0 Å². The Labute approximate surface area is 146 Å². The molecular weight excluding hydrogens is 417 g/mol. The minimum atomic E-state index is 0.0258. The molecule has 0 N–H and O–H groups in total. The molecule has 6 nitrogen and oxygen atoms in total. The number of carbonyl (C=O) groups is 1. The van der Waals surface area contributed by atoms with Gasteiger partial charge in [0.2, 0.25) is 0 Å². The van der Waals surface area contributed by atoms with E-state index in [-0.39, 0.29) is 5.91 Å². The predicted octanol–water partition coefficient (Wildman–Crippen LogP) is 2.09. The van der Waals surface area contributed by atoms with Crippen LogP contribution in [0, 0.1) is 3.70 Å². The van der Waals surface area contributed by atoms with Crippen LogP contribution in [0.5, 0.6) is 0 Å². The molecule has 1 amide bonds. The van der Waals surface area contributed by atoms with E-state index in [9.17, 15) is 4.79 Å². The minimum absolute atomic E-state index is 0.0258. The summed E-state index contributed by atoms with van der Waals surface area (Å²) in [5.74, 6) is 0.820. The second-order valence-corrected chi connectivity index (χ2v) is 6.23. The molecule has 0 radical (unpaired) electrons. The van der Waals surface area contributed by atoms with Crippen molar-refractivity contribution >= 4 is 45.9 Å². The number of aromatic nitrogens is 3. The molecule has 1 saturated heterocycles. The summed E-state index contributed by atoms with van der Waals surface area (Å²) in [6.45, 7) is 2.72. The average Bonchev–Trinajstić information content (AvgIpc) is 2.55. The molecule has 22 heavy (non-hydrogen) atoms. The number of nitrogens with zero attached hydrogens (tertiary/aromatic N) is 5. The van der Waals surface area contributed by atoms with Gasteiger partial charge in [-0.05, 0) is 34.7 Å². The Morgan fingerprint density at radius 3 is 2.64 bits per heavy atom. The lowest BCUT2D eigenvalue weighted by Crippen LogP contribution is -2.49. The molecule has 2 aromatic heterocycles. The molecule has 0 bridgehead atoms. The van der Waals surface area contributed by atoms with Gasteiger partial charge in [0.15, 0.2) is 0 Å². The highest BCUT2D eigenvalue weighted by Crippen LogP contribution is 2.18. The van der Waals surface area contributed by atoms with Crippen molar-refractivity contribution in [3.63, 3.8) is 0 Å². The van der Waals surface area contributed by atoms with Crippen LogP contribution in [0.25, 0.3) is 0 Å². The molecule has 3 rings (SSSR count). The van der Waals surface area contributed by atoms with E-state index >= 15 is 0 Å². The van der Waals surface area contributed by atoms with Crippen molar-refractivity contribution in [1.82, 2.24) is 19.9 Å². The third kappa shape index (κ3) is 3.30. The first kappa shape index (κ1) is 15.4. The van der Waals surface area contributed by atoms with Gasteiger partial charge in [-0.2, -0.15) is 0 Å². The topological polar surface area (TPSA) is 62.2 Å². The molecule has 1 aliphatic rings. The van der Waals surface area contributed by atoms with E-state index in [1.165, 1.54) is 6.33 Å². The van der Waals surface area contributed by atoms with Gasteiger partial charge >= 0.3 is 0 Å². The summed E-state index contributed by atoms with van der Waals surface area (Å²) >= 11 is 7.98. The maximum absolute atomic E-state index is 12.5. The van der Waals surface area contributed by atoms with Crippen molar-refractivity contribution in [2.45, 2.75) is 0 Å². The molecule has 1 fully saturated rings. The van der Waals surface area contributed by atoms with Crippen LogP contribution in [0.4, 0.5) is 5.82 Å². The van der Waals surface area contributed by atoms with Crippen LogP contribution in [-0.2, 0) is 0 Å². The number of carbonyl (C=O) groups excluding carboxylic acids is 1. The van der Waals surface area contributed by atoms with Crippen molar-refractivity contribution in [1.29, 1.82) is 0 Å². The minimum Gasteiger partial charge on any atom is -0.353 e. The van der Waals surface area contributed by atoms with E-state index in [2.05, 4.69) is 42.4 Å². The van der Waals surface area contributed by atoms with Crippen LogP contribution in [0.3, 0.4) is 0 Å². The second-order valence-electron chi connectivity index (χ2n) is 4.82. The van der Waals surface area contributed by atoms with E-state index in [1.54, 1.807) is 18.3 Å². The Hall–Kier alpha value is -1.48. The fourth-order valence-electron chi connectivity index (χ4n) is 2.35. The number of rotatable bonds is 2. The summed E-state index contributed by atoms with van der Waals surface area (Å²) in [7, 11) is 0. The molecule has 0 aromatic carbocycles. The first-order chi connectivity index (χ1) is 10.6. The Kier molecular flexibility index (Phi) is 4.72. The van der Waals surface area contributed by atoms with Crippen molar-refractivity contribution in [2.75, 3.05) is 31.1 Å². The maximum Gasteiger partial charge on any atom is 0.256 e. The summed E-state index contributed by atoms with van der Waals surface area (Å²) in [6, 6.07) is 5.34. The summed E-state index contributed by atoms with van der Waals surface area (Å²) in [4.78, 5) is 28.8. The number of amides is 1. The van der Waals surface area contributed by atoms with Crippen LogP contribution in [-0.4, -0.2) is 51.9 Å². The molecule has 0 spiro atoms. The van der Waals surface area contributed by atoms with E-state index in [1.807, 2.05) is 11.0 Å². The molecule has 1 aliphatic heterocycles. The van der Waals surface area contributed by atoms with Crippen LogP contribution in [0.1, 0.15) is 10.4 Å². The number of halogens is 2.